The molecule has 1 aliphatic carbocycles. The number of hydrogen-bond acceptors (Lipinski definition) is 9. The van der Waals surface area contributed by atoms with E-state index in [0.717, 1.165) is 51.0 Å². The Hall–Kier alpha value is -3.86. The van der Waals surface area contributed by atoms with Crippen LogP contribution in [0, 0.1) is 6.92 Å². The Balaban J connectivity index is 1.37. The second kappa shape index (κ2) is 11.0. The number of hydrogen-bond donors (Lipinski definition) is 2. The predicted octanol–water partition coefficient (Wildman–Crippen LogP) is 3.93. The molecule has 2 N–H and O–H groups in total. The monoisotopic (exact) mass is 547 g/mol. The lowest BCUT2D eigenvalue weighted by Crippen LogP contribution is -2.59. The number of aliphatic carboxylic acids is 1. The van der Waals surface area contributed by atoms with Gasteiger partial charge in [-0.15, -0.1) is 0 Å². The largest absolute Gasteiger partial charge is 0.481 e. The van der Waals surface area contributed by atoms with Crippen LogP contribution in [0.25, 0.3) is 11.0 Å². The summed E-state index contributed by atoms with van der Waals surface area (Å²) in [5.74, 6) is -0.109. The Kier molecular flexibility index (Phi) is 7.59. The third-order valence-corrected chi connectivity index (χ3v) is 8.27. The van der Waals surface area contributed by atoms with Gasteiger partial charge in [-0.1, -0.05) is 12.8 Å². The summed E-state index contributed by atoms with van der Waals surface area (Å²) in [6.07, 6.45) is 7.48. The molecule has 0 radical (unpaired) electrons. The first-order valence-corrected chi connectivity index (χ1v) is 13.9. The Morgan fingerprint density at radius 3 is 2.50 bits per heavy atom. The van der Waals surface area contributed by atoms with Crippen molar-refractivity contribution < 1.29 is 14.7 Å². The number of fused-ring (bicyclic) bond motifs is 1. The Morgan fingerprint density at radius 2 is 1.88 bits per heavy atom. The van der Waals surface area contributed by atoms with E-state index in [9.17, 15) is 14.4 Å². The Bertz CT molecular complexity index is 1490. The molecule has 1 saturated heterocycles. The van der Waals surface area contributed by atoms with Crippen LogP contribution >= 0.6 is 0 Å². The van der Waals surface area contributed by atoms with Gasteiger partial charge in [0.05, 0.1) is 23.9 Å². The highest BCUT2D eigenvalue weighted by Gasteiger charge is 2.34. The molecular formula is C29H37N7O4. The molecule has 0 unspecified atom stereocenters. The van der Waals surface area contributed by atoms with Gasteiger partial charge < -0.3 is 15.3 Å². The summed E-state index contributed by atoms with van der Waals surface area (Å²) in [4.78, 5) is 55.1. The fourth-order valence-corrected chi connectivity index (χ4v) is 6.13. The molecule has 0 amide bonds. The van der Waals surface area contributed by atoms with Crippen molar-refractivity contribution in [2.45, 2.75) is 71.4 Å². The van der Waals surface area contributed by atoms with E-state index in [1.54, 1.807) is 17.7 Å². The van der Waals surface area contributed by atoms with Crippen LogP contribution in [0.5, 0.6) is 0 Å². The van der Waals surface area contributed by atoms with Crippen LogP contribution in [-0.4, -0.2) is 73.0 Å². The molecule has 11 nitrogen and oxygen atoms in total. The number of pyridine rings is 2. The van der Waals surface area contributed by atoms with Gasteiger partial charge in [-0.2, -0.15) is 4.98 Å². The molecular weight excluding hydrogens is 510 g/mol. The number of carbonyl (C=O) groups is 2. The van der Waals surface area contributed by atoms with Gasteiger partial charge >= 0.3 is 5.97 Å². The molecule has 212 valence electrons. The molecule has 11 heteroatoms. The molecule has 2 aliphatic rings. The lowest BCUT2D eigenvalue weighted by molar-refractivity contribution is -0.137. The van der Waals surface area contributed by atoms with Crippen LogP contribution in [0.4, 0.5) is 17.5 Å². The van der Waals surface area contributed by atoms with Gasteiger partial charge in [0.2, 0.25) is 5.95 Å². The van der Waals surface area contributed by atoms with E-state index in [-0.39, 0.29) is 34.9 Å². The van der Waals surface area contributed by atoms with E-state index in [4.69, 9.17) is 10.1 Å². The van der Waals surface area contributed by atoms with Crippen molar-refractivity contribution in [3.8, 4) is 0 Å². The van der Waals surface area contributed by atoms with Crippen LogP contribution < -0.4 is 15.8 Å². The molecule has 2 fully saturated rings. The third-order valence-electron chi connectivity index (χ3n) is 8.27. The molecule has 1 aliphatic heterocycles. The number of aromatic nitrogens is 4. The molecule has 5 rings (SSSR count). The molecule has 3 aromatic rings. The second-order valence-electron chi connectivity index (χ2n) is 11.5. The number of carboxylic acid groups (broad SMARTS) is 1. The average Bonchev–Trinajstić information content (AvgIpc) is 3.42. The molecule has 40 heavy (non-hydrogen) atoms. The quantitative estimate of drug-likeness (QED) is 0.400. The van der Waals surface area contributed by atoms with Gasteiger partial charge in [-0.05, 0) is 58.2 Å². The van der Waals surface area contributed by atoms with Crippen LogP contribution in [0.15, 0.2) is 29.3 Å². The van der Waals surface area contributed by atoms with Gasteiger partial charge in [-0.25, -0.2) is 9.97 Å². The summed E-state index contributed by atoms with van der Waals surface area (Å²) in [7, 11) is 0. The zero-order chi connectivity index (χ0) is 28.6. The molecule has 0 aromatic carbocycles. The summed E-state index contributed by atoms with van der Waals surface area (Å²) in [6.45, 7) is 10.3. The van der Waals surface area contributed by atoms with Crippen LogP contribution in [0.3, 0.4) is 0 Å². The summed E-state index contributed by atoms with van der Waals surface area (Å²) in [5.41, 5.74) is 1.91. The standard InChI is InChI=1S/C29H37N7O4/c1-18-22-16-31-28(33-26(22)36(20-7-5-6-8-20)27(40)25(18)19(2)37)32-23-10-9-21(15-30-23)34-13-14-35(12-11-24(38)39)29(3,4)17-34/h9-10,15-16,20H,5-8,11-14,17H2,1-4H3,(H,38,39)(H,30,31,32,33). The normalized spacial score (nSPS) is 17.9. The van der Waals surface area contributed by atoms with Crippen molar-refractivity contribution >= 4 is 40.2 Å². The van der Waals surface area contributed by atoms with Crippen LogP contribution in [0.1, 0.15) is 74.8 Å². The van der Waals surface area contributed by atoms with Crippen molar-refractivity contribution in [3.63, 3.8) is 0 Å². The maximum Gasteiger partial charge on any atom is 0.304 e. The highest BCUT2D eigenvalue weighted by Crippen LogP contribution is 2.32. The molecule has 3 aromatic heterocycles. The number of rotatable bonds is 8. The first kappa shape index (κ1) is 27.7. The number of nitrogens with one attached hydrogen (secondary N) is 1. The maximum atomic E-state index is 13.4. The average molecular weight is 548 g/mol. The number of carbonyl (C=O) groups excluding carboxylic acids is 1. The zero-order valence-electron chi connectivity index (χ0n) is 23.6. The van der Waals surface area contributed by atoms with Crippen molar-refractivity contribution in [3.05, 3.63) is 46.0 Å². The van der Waals surface area contributed by atoms with Gasteiger partial charge in [-0.3, -0.25) is 23.9 Å². The van der Waals surface area contributed by atoms with Gasteiger partial charge in [0.15, 0.2) is 5.78 Å². The van der Waals surface area contributed by atoms with E-state index >= 15 is 0 Å². The summed E-state index contributed by atoms with van der Waals surface area (Å²) < 4.78 is 1.70. The summed E-state index contributed by atoms with van der Waals surface area (Å²) in [6, 6.07) is 3.89. The third kappa shape index (κ3) is 5.42. The molecule has 0 bridgehead atoms. The first-order chi connectivity index (χ1) is 19.0. The van der Waals surface area contributed by atoms with E-state index < -0.39 is 5.97 Å². The number of ketones is 1. The number of piperazine rings is 1. The SMILES string of the molecule is CC(=O)c1c(C)c2cnc(Nc3ccc(N4CCN(CCC(=O)O)C(C)(C)C4)cn3)nc2n(C2CCCC2)c1=O. The van der Waals surface area contributed by atoms with Crippen molar-refractivity contribution in [2.75, 3.05) is 36.4 Å². The van der Waals surface area contributed by atoms with Crippen molar-refractivity contribution in [1.29, 1.82) is 0 Å². The van der Waals surface area contributed by atoms with Crippen LogP contribution in [-0.2, 0) is 4.79 Å². The minimum absolute atomic E-state index is 0.0164. The van der Waals surface area contributed by atoms with Gasteiger partial charge in [0, 0.05) is 49.3 Å². The molecule has 1 saturated carbocycles. The number of aryl methyl sites for hydroxylation is 1. The minimum atomic E-state index is -0.779. The lowest BCUT2D eigenvalue weighted by Gasteiger charge is -2.47. The lowest BCUT2D eigenvalue weighted by atomic mass is 9.98. The van der Waals surface area contributed by atoms with E-state index in [1.807, 2.05) is 18.3 Å². The van der Waals surface area contributed by atoms with E-state index in [0.29, 0.717) is 34.9 Å². The summed E-state index contributed by atoms with van der Waals surface area (Å²) >= 11 is 0. The number of Topliss-reactive ketones (excluding diaryl/α,β-unsaturated/α-hetero) is 1. The van der Waals surface area contributed by atoms with Crippen LogP contribution in [0.2, 0.25) is 0 Å². The predicted molar refractivity (Wildman–Crippen MR) is 154 cm³/mol. The fourth-order valence-electron chi connectivity index (χ4n) is 6.13. The molecule has 0 spiro atoms. The first-order valence-electron chi connectivity index (χ1n) is 13.9. The molecule has 4 heterocycles. The van der Waals surface area contributed by atoms with Crippen molar-refractivity contribution in [1.82, 2.24) is 24.4 Å². The van der Waals surface area contributed by atoms with E-state index in [2.05, 4.69) is 38.9 Å². The molecule has 0 atom stereocenters. The smallest absolute Gasteiger partial charge is 0.304 e. The zero-order valence-corrected chi connectivity index (χ0v) is 23.6. The number of carboxylic acids is 1. The topological polar surface area (TPSA) is 134 Å². The maximum absolute atomic E-state index is 13.4. The number of nitrogens with zero attached hydrogens (tertiary/aromatic N) is 6. The second-order valence-corrected chi connectivity index (χ2v) is 11.5. The fraction of sp³-hybridized carbons (Fsp3) is 0.517. The van der Waals surface area contributed by atoms with E-state index in [1.165, 1.54) is 6.92 Å². The Morgan fingerprint density at radius 1 is 1.12 bits per heavy atom. The minimum Gasteiger partial charge on any atom is -0.481 e. The number of anilines is 3. The summed E-state index contributed by atoms with van der Waals surface area (Å²) in [5, 5.41) is 12.9. The van der Waals surface area contributed by atoms with Gasteiger partial charge in [0.25, 0.3) is 5.56 Å². The highest BCUT2D eigenvalue weighted by atomic mass is 16.4. The van der Waals surface area contributed by atoms with Gasteiger partial charge in [0.1, 0.15) is 11.5 Å². The highest BCUT2D eigenvalue weighted by molar-refractivity contribution is 5.99. The van der Waals surface area contributed by atoms with Crippen molar-refractivity contribution in [2.24, 2.45) is 0 Å². The Labute approximate surface area is 233 Å².